The molecule has 4 heteroatoms. The average molecular weight is 270 g/mol. The molecule has 0 aromatic rings. The third-order valence-electron chi connectivity index (χ3n) is 3.99. The van der Waals surface area contributed by atoms with E-state index in [2.05, 4.69) is 19.2 Å². The van der Waals surface area contributed by atoms with Crippen LogP contribution in [0.3, 0.4) is 0 Å². The molecule has 1 aliphatic carbocycles. The molecule has 112 valence electrons. The van der Waals surface area contributed by atoms with Crippen molar-refractivity contribution < 1.29 is 9.84 Å². The Labute approximate surface area is 117 Å². The Morgan fingerprint density at radius 3 is 2.74 bits per heavy atom. The van der Waals surface area contributed by atoms with Crippen LogP contribution in [0.4, 0.5) is 0 Å². The number of aliphatic hydroxyl groups excluding tert-OH is 1. The predicted molar refractivity (Wildman–Crippen MR) is 78.6 cm³/mol. The SMILES string of the molecule is CCC.CCC(CO)OC(=N)C12CCCNCC1C2. The summed E-state index contributed by atoms with van der Waals surface area (Å²) in [6.07, 6.45) is 5.08. The molecule has 4 nitrogen and oxygen atoms in total. The Hall–Kier alpha value is -0.610. The van der Waals surface area contributed by atoms with E-state index in [1.54, 1.807) is 0 Å². The second-order valence-electron chi connectivity index (χ2n) is 5.73. The highest BCUT2D eigenvalue weighted by Gasteiger charge is 2.58. The summed E-state index contributed by atoms with van der Waals surface area (Å²) in [7, 11) is 0. The van der Waals surface area contributed by atoms with Crippen molar-refractivity contribution in [3.05, 3.63) is 0 Å². The van der Waals surface area contributed by atoms with Crippen LogP contribution in [0.15, 0.2) is 0 Å². The molecule has 1 aliphatic heterocycles. The largest absolute Gasteiger partial charge is 0.475 e. The van der Waals surface area contributed by atoms with Crippen molar-refractivity contribution in [2.24, 2.45) is 11.3 Å². The Balaban J connectivity index is 0.000000550. The van der Waals surface area contributed by atoms with Crippen LogP contribution >= 0.6 is 0 Å². The molecule has 0 radical (unpaired) electrons. The fraction of sp³-hybridized carbons (Fsp3) is 0.933. The fourth-order valence-electron chi connectivity index (χ4n) is 2.68. The van der Waals surface area contributed by atoms with Crippen molar-refractivity contribution in [2.75, 3.05) is 19.7 Å². The van der Waals surface area contributed by atoms with Gasteiger partial charge >= 0.3 is 0 Å². The second-order valence-corrected chi connectivity index (χ2v) is 5.73. The predicted octanol–water partition coefficient (Wildman–Crippen LogP) is 2.56. The van der Waals surface area contributed by atoms with Gasteiger partial charge in [-0.05, 0) is 44.7 Å². The van der Waals surface area contributed by atoms with Gasteiger partial charge in [-0.25, -0.2) is 0 Å². The third-order valence-corrected chi connectivity index (χ3v) is 3.99. The van der Waals surface area contributed by atoms with Crippen molar-refractivity contribution in [3.8, 4) is 0 Å². The lowest BCUT2D eigenvalue weighted by Crippen LogP contribution is -2.28. The van der Waals surface area contributed by atoms with E-state index in [9.17, 15) is 0 Å². The summed E-state index contributed by atoms with van der Waals surface area (Å²) in [4.78, 5) is 0. The van der Waals surface area contributed by atoms with Gasteiger partial charge in [0.2, 0.25) is 0 Å². The monoisotopic (exact) mass is 270 g/mol. The van der Waals surface area contributed by atoms with Gasteiger partial charge in [-0.15, -0.1) is 0 Å². The first-order valence-corrected chi connectivity index (χ1v) is 7.71. The molecule has 0 aromatic heterocycles. The van der Waals surface area contributed by atoms with E-state index in [1.807, 2.05) is 6.92 Å². The van der Waals surface area contributed by atoms with Crippen LogP contribution in [0.5, 0.6) is 0 Å². The highest BCUT2D eigenvalue weighted by atomic mass is 16.5. The first-order chi connectivity index (χ1) is 9.14. The Morgan fingerprint density at radius 1 is 1.47 bits per heavy atom. The van der Waals surface area contributed by atoms with Gasteiger partial charge in [0.05, 0.1) is 12.0 Å². The van der Waals surface area contributed by atoms with Gasteiger partial charge in [0.15, 0.2) is 5.90 Å². The van der Waals surface area contributed by atoms with Crippen LogP contribution < -0.4 is 5.32 Å². The summed E-state index contributed by atoms with van der Waals surface area (Å²) in [5.41, 5.74) is 0.00604. The van der Waals surface area contributed by atoms with Gasteiger partial charge in [-0.2, -0.15) is 0 Å². The topological polar surface area (TPSA) is 65.3 Å². The van der Waals surface area contributed by atoms with Gasteiger partial charge in [0.25, 0.3) is 0 Å². The van der Waals surface area contributed by atoms with Gasteiger partial charge in [0.1, 0.15) is 6.10 Å². The lowest BCUT2D eigenvalue weighted by molar-refractivity contribution is 0.0910. The Kier molecular flexibility index (Phi) is 6.80. The molecule has 2 rings (SSSR count). The van der Waals surface area contributed by atoms with Gasteiger partial charge < -0.3 is 15.2 Å². The normalized spacial score (nSPS) is 30.2. The number of ether oxygens (including phenoxy) is 1. The summed E-state index contributed by atoms with van der Waals surface area (Å²) in [5, 5.41) is 20.6. The van der Waals surface area contributed by atoms with Crippen LogP contribution in [0.1, 0.15) is 52.9 Å². The first-order valence-electron chi connectivity index (χ1n) is 7.71. The number of nitrogens with one attached hydrogen (secondary N) is 2. The lowest BCUT2D eigenvalue weighted by Gasteiger charge is -2.22. The van der Waals surface area contributed by atoms with Crippen molar-refractivity contribution in [2.45, 2.75) is 59.0 Å². The van der Waals surface area contributed by atoms with Gasteiger partial charge in [-0.1, -0.05) is 27.2 Å². The van der Waals surface area contributed by atoms with Crippen molar-refractivity contribution >= 4 is 5.90 Å². The van der Waals surface area contributed by atoms with E-state index in [1.165, 1.54) is 6.42 Å². The minimum Gasteiger partial charge on any atom is -0.475 e. The van der Waals surface area contributed by atoms with Crippen LogP contribution in [-0.4, -0.2) is 36.8 Å². The zero-order valence-corrected chi connectivity index (χ0v) is 12.7. The summed E-state index contributed by atoms with van der Waals surface area (Å²) in [6, 6.07) is 0. The highest BCUT2D eigenvalue weighted by Crippen LogP contribution is 2.57. The molecule has 2 fully saturated rings. The molecule has 3 N–H and O–H groups in total. The maximum absolute atomic E-state index is 9.09. The number of hydrogen-bond acceptors (Lipinski definition) is 4. The van der Waals surface area contributed by atoms with Crippen LogP contribution in [0, 0.1) is 16.7 Å². The number of hydrogen-bond donors (Lipinski definition) is 3. The van der Waals surface area contributed by atoms with Crippen molar-refractivity contribution in [3.63, 3.8) is 0 Å². The third kappa shape index (κ3) is 4.18. The summed E-state index contributed by atoms with van der Waals surface area (Å²) < 4.78 is 5.59. The quantitative estimate of drug-likeness (QED) is 0.543. The summed E-state index contributed by atoms with van der Waals surface area (Å²) in [6.45, 7) is 8.31. The number of rotatable bonds is 4. The average Bonchev–Trinajstić information content (AvgIpc) is 3.11. The van der Waals surface area contributed by atoms with Crippen molar-refractivity contribution in [1.29, 1.82) is 5.41 Å². The minimum absolute atomic E-state index is 0.00604. The maximum atomic E-state index is 9.09. The van der Waals surface area contributed by atoms with E-state index < -0.39 is 0 Å². The molecular formula is C15H30N2O2. The molecule has 0 bridgehead atoms. The first kappa shape index (κ1) is 16.4. The van der Waals surface area contributed by atoms with Crippen LogP contribution in [0.25, 0.3) is 0 Å². The standard InChI is InChI=1S/C12H22N2O2.C3H8/c1-2-10(8-15)16-11(13)12-4-3-5-14-7-9(12)6-12;1-3-2/h9-10,13-15H,2-8H2,1H3;3H2,1-2H3. The summed E-state index contributed by atoms with van der Waals surface area (Å²) in [5.74, 6) is 1.00. The zero-order valence-electron chi connectivity index (χ0n) is 12.7. The zero-order chi connectivity index (χ0) is 14.3. The molecule has 0 spiro atoms. The Morgan fingerprint density at radius 2 is 2.16 bits per heavy atom. The number of fused-ring (bicyclic) bond motifs is 1. The Bertz CT molecular complexity index is 279. The minimum atomic E-state index is -0.195. The molecule has 19 heavy (non-hydrogen) atoms. The van der Waals surface area contributed by atoms with Gasteiger partial charge in [0, 0.05) is 0 Å². The molecule has 1 heterocycles. The molecule has 0 aromatic carbocycles. The van der Waals surface area contributed by atoms with E-state index in [0.717, 1.165) is 38.8 Å². The van der Waals surface area contributed by atoms with Crippen LogP contribution in [0.2, 0.25) is 0 Å². The molecule has 3 unspecified atom stereocenters. The van der Waals surface area contributed by atoms with Gasteiger partial charge in [-0.3, -0.25) is 5.41 Å². The number of aliphatic hydroxyl groups is 1. The van der Waals surface area contributed by atoms with Crippen LogP contribution in [-0.2, 0) is 4.74 Å². The molecule has 0 amide bonds. The van der Waals surface area contributed by atoms with E-state index >= 15 is 0 Å². The van der Waals surface area contributed by atoms with E-state index in [0.29, 0.717) is 11.8 Å². The molecule has 3 atom stereocenters. The lowest BCUT2D eigenvalue weighted by atomic mass is 9.97. The maximum Gasteiger partial charge on any atom is 0.187 e. The molecule has 1 saturated heterocycles. The van der Waals surface area contributed by atoms with Crippen molar-refractivity contribution in [1.82, 2.24) is 5.32 Å². The second kappa shape index (κ2) is 7.85. The highest BCUT2D eigenvalue weighted by molar-refractivity contribution is 5.83. The summed E-state index contributed by atoms with van der Waals surface area (Å²) >= 11 is 0. The molecule has 1 saturated carbocycles. The van der Waals surface area contributed by atoms with E-state index in [4.69, 9.17) is 15.3 Å². The van der Waals surface area contributed by atoms with E-state index in [-0.39, 0.29) is 18.1 Å². The molecule has 2 aliphatic rings. The molecular weight excluding hydrogens is 240 g/mol. The fourth-order valence-corrected chi connectivity index (χ4v) is 2.68. The smallest absolute Gasteiger partial charge is 0.187 e.